The van der Waals surface area contributed by atoms with Crippen LogP contribution in [0, 0.1) is 0 Å². The molecule has 0 spiro atoms. The van der Waals surface area contributed by atoms with Crippen LogP contribution in [0.2, 0.25) is 0 Å². The summed E-state index contributed by atoms with van der Waals surface area (Å²) < 4.78 is 15.8. The van der Waals surface area contributed by atoms with E-state index >= 15 is 0 Å². The van der Waals surface area contributed by atoms with Crippen molar-refractivity contribution in [3.63, 3.8) is 0 Å². The van der Waals surface area contributed by atoms with Crippen LogP contribution in [0.25, 0.3) is 16.6 Å². The van der Waals surface area contributed by atoms with Crippen molar-refractivity contribution in [3.8, 4) is 11.1 Å². The van der Waals surface area contributed by atoms with E-state index in [0.717, 1.165) is 17.5 Å². The zero-order chi connectivity index (χ0) is 19.8. The van der Waals surface area contributed by atoms with Gasteiger partial charge in [0.25, 0.3) is 5.91 Å². The highest BCUT2D eigenvalue weighted by molar-refractivity contribution is 6.02. The van der Waals surface area contributed by atoms with Gasteiger partial charge in [-0.2, -0.15) is 5.10 Å². The van der Waals surface area contributed by atoms with Crippen molar-refractivity contribution < 1.29 is 14.0 Å². The Morgan fingerprint density at radius 1 is 1.11 bits per heavy atom. The van der Waals surface area contributed by atoms with Gasteiger partial charge in [-0.25, -0.2) is 8.91 Å². The molecule has 0 saturated heterocycles. The maximum atomic E-state index is 14.1. The van der Waals surface area contributed by atoms with Gasteiger partial charge < -0.3 is 16.8 Å². The number of nitrogens with one attached hydrogen (secondary N) is 1. The standard InChI is InChI=1S/C20H20FN5O2/c21-15-2-1-3-16(15)25-18-14(20(23)28)9-24-26-10-13(8-17(18)26)11-4-6-12(7-5-11)19(22)27/h4-10,15-16,25H,1-3H2,(H2,22,27)(H2,23,28)/t15-,16+/m0/s1. The second kappa shape index (κ2) is 6.95. The maximum absolute atomic E-state index is 14.1. The molecule has 1 saturated carbocycles. The number of carbonyl (C=O) groups is 2. The van der Waals surface area contributed by atoms with Gasteiger partial charge in [-0.3, -0.25) is 9.59 Å². The molecule has 1 fully saturated rings. The predicted molar refractivity (Wildman–Crippen MR) is 104 cm³/mol. The quantitative estimate of drug-likeness (QED) is 0.630. The summed E-state index contributed by atoms with van der Waals surface area (Å²) in [5.41, 5.74) is 14.2. The number of alkyl halides is 1. The van der Waals surface area contributed by atoms with Crippen molar-refractivity contribution in [2.75, 3.05) is 5.32 Å². The number of hydrogen-bond donors (Lipinski definition) is 3. The maximum Gasteiger partial charge on any atom is 0.252 e. The van der Waals surface area contributed by atoms with Crippen molar-refractivity contribution in [1.82, 2.24) is 9.61 Å². The first kappa shape index (κ1) is 18.0. The number of rotatable bonds is 5. The lowest BCUT2D eigenvalue weighted by Gasteiger charge is -2.19. The molecular weight excluding hydrogens is 361 g/mol. The van der Waals surface area contributed by atoms with Gasteiger partial charge in [-0.05, 0) is 43.0 Å². The van der Waals surface area contributed by atoms with Crippen LogP contribution >= 0.6 is 0 Å². The van der Waals surface area contributed by atoms with E-state index in [-0.39, 0.29) is 11.6 Å². The number of benzene rings is 1. The third-order valence-corrected chi connectivity index (χ3v) is 5.17. The van der Waals surface area contributed by atoms with Crippen molar-refractivity contribution >= 4 is 23.0 Å². The lowest BCUT2D eigenvalue weighted by atomic mass is 10.1. The molecule has 0 bridgehead atoms. The number of halogens is 1. The second-order valence-electron chi connectivity index (χ2n) is 7.00. The molecule has 5 N–H and O–H groups in total. The third-order valence-electron chi connectivity index (χ3n) is 5.17. The molecule has 1 aromatic carbocycles. The largest absolute Gasteiger partial charge is 0.377 e. The molecule has 4 rings (SSSR count). The Labute approximate surface area is 160 Å². The zero-order valence-corrected chi connectivity index (χ0v) is 15.1. The highest BCUT2D eigenvalue weighted by atomic mass is 19.1. The molecule has 0 unspecified atom stereocenters. The number of anilines is 1. The number of aromatic nitrogens is 2. The van der Waals surface area contributed by atoms with E-state index in [1.807, 2.05) is 6.07 Å². The number of nitrogens with two attached hydrogens (primary N) is 2. The molecule has 2 amide bonds. The van der Waals surface area contributed by atoms with Crippen LogP contribution in [0.15, 0.2) is 42.7 Å². The van der Waals surface area contributed by atoms with Crippen LogP contribution in [0.5, 0.6) is 0 Å². The van der Waals surface area contributed by atoms with E-state index in [0.29, 0.717) is 29.6 Å². The Morgan fingerprint density at radius 2 is 1.86 bits per heavy atom. The molecule has 8 heteroatoms. The van der Waals surface area contributed by atoms with Crippen molar-refractivity contribution in [2.45, 2.75) is 31.5 Å². The first-order chi connectivity index (χ1) is 13.4. The highest BCUT2D eigenvalue weighted by Crippen LogP contribution is 2.32. The number of nitrogens with zero attached hydrogens (tertiary/aromatic N) is 2. The SMILES string of the molecule is NC(=O)c1ccc(-c2cc3c(N[C@@H]4CCC[C@@H]4F)c(C(N)=O)cnn3c2)cc1. The van der Waals surface area contributed by atoms with Gasteiger partial charge >= 0.3 is 0 Å². The fourth-order valence-corrected chi connectivity index (χ4v) is 3.64. The molecule has 1 aliphatic carbocycles. The lowest BCUT2D eigenvalue weighted by molar-refractivity contribution is 0.0992. The van der Waals surface area contributed by atoms with E-state index < -0.39 is 18.0 Å². The summed E-state index contributed by atoms with van der Waals surface area (Å²) in [5.74, 6) is -1.12. The van der Waals surface area contributed by atoms with E-state index in [4.69, 9.17) is 11.5 Å². The van der Waals surface area contributed by atoms with Crippen LogP contribution < -0.4 is 16.8 Å². The monoisotopic (exact) mass is 381 g/mol. The fourth-order valence-electron chi connectivity index (χ4n) is 3.64. The smallest absolute Gasteiger partial charge is 0.252 e. The molecule has 0 radical (unpaired) electrons. The van der Waals surface area contributed by atoms with E-state index in [9.17, 15) is 14.0 Å². The van der Waals surface area contributed by atoms with E-state index in [1.54, 1.807) is 35.0 Å². The summed E-state index contributed by atoms with van der Waals surface area (Å²) in [6.45, 7) is 0. The summed E-state index contributed by atoms with van der Waals surface area (Å²) in [5, 5.41) is 7.43. The highest BCUT2D eigenvalue weighted by Gasteiger charge is 2.29. The van der Waals surface area contributed by atoms with Gasteiger partial charge in [-0.1, -0.05) is 12.1 Å². The van der Waals surface area contributed by atoms with Crippen molar-refractivity contribution in [1.29, 1.82) is 0 Å². The number of carbonyl (C=O) groups excluding carboxylic acids is 2. The Kier molecular flexibility index (Phi) is 4.46. The summed E-state index contributed by atoms with van der Waals surface area (Å²) >= 11 is 0. The molecule has 3 aromatic rings. The minimum atomic E-state index is -0.968. The Balaban J connectivity index is 1.78. The molecule has 7 nitrogen and oxygen atoms in total. The Bertz CT molecular complexity index is 1060. The average Bonchev–Trinajstić information content (AvgIpc) is 3.28. The van der Waals surface area contributed by atoms with Gasteiger partial charge in [0.05, 0.1) is 29.0 Å². The van der Waals surface area contributed by atoms with Crippen LogP contribution in [0.1, 0.15) is 40.0 Å². The van der Waals surface area contributed by atoms with E-state index in [1.165, 1.54) is 6.20 Å². The lowest BCUT2D eigenvalue weighted by Crippen LogP contribution is -2.27. The second-order valence-corrected chi connectivity index (χ2v) is 7.00. The van der Waals surface area contributed by atoms with Gasteiger partial charge in [-0.15, -0.1) is 0 Å². The van der Waals surface area contributed by atoms with Gasteiger partial charge in [0, 0.05) is 17.3 Å². The Hall–Kier alpha value is -3.42. The summed E-state index contributed by atoms with van der Waals surface area (Å²) in [4.78, 5) is 23.1. The molecule has 2 atom stereocenters. The first-order valence-corrected chi connectivity index (χ1v) is 9.06. The van der Waals surface area contributed by atoms with E-state index in [2.05, 4.69) is 10.4 Å². The van der Waals surface area contributed by atoms with Gasteiger partial charge in [0.15, 0.2) is 0 Å². The molecule has 2 aromatic heterocycles. The fraction of sp³-hybridized carbons (Fsp3) is 0.250. The Morgan fingerprint density at radius 3 is 2.46 bits per heavy atom. The number of primary amides is 2. The van der Waals surface area contributed by atoms with Crippen molar-refractivity contribution in [3.05, 3.63) is 53.9 Å². The normalized spacial score (nSPS) is 19.0. The number of hydrogen-bond acceptors (Lipinski definition) is 4. The van der Waals surface area contributed by atoms with Crippen LogP contribution in [0.4, 0.5) is 10.1 Å². The number of fused-ring (bicyclic) bond motifs is 1. The van der Waals surface area contributed by atoms with Gasteiger partial charge in [0.1, 0.15) is 6.17 Å². The topological polar surface area (TPSA) is 116 Å². The summed E-state index contributed by atoms with van der Waals surface area (Å²) in [6, 6.07) is 8.35. The summed E-state index contributed by atoms with van der Waals surface area (Å²) in [6.07, 6.45) is 4.21. The van der Waals surface area contributed by atoms with Gasteiger partial charge in [0.2, 0.25) is 5.91 Å². The molecular formula is C20H20FN5O2. The minimum absolute atomic E-state index is 0.223. The molecule has 2 heterocycles. The molecule has 0 aliphatic heterocycles. The van der Waals surface area contributed by atoms with Crippen LogP contribution in [-0.2, 0) is 0 Å². The van der Waals surface area contributed by atoms with Crippen molar-refractivity contribution in [2.24, 2.45) is 11.5 Å². The third kappa shape index (κ3) is 3.17. The molecule has 28 heavy (non-hydrogen) atoms. The zero-order valence-electron chi connectivity index (χ0n) is 15.1. The van der Waals surface area contributed by atoms with Crippen LogP contribution in [0.3, 0.4) is 0 Å². The molecule has 144 valence electrons. The summed E-state index contributed by atoms with van der Waals surface area (Å²) in [7, 11) is 0. The predicted octanol–water partition coefficient (Wildman–Crippen LogP) is 2.50. The average molecular weight is 381 g/mol. The minimum Gasteiger partial charge on any atom is -0.377 e. The number of amides is 2. The van der Waals surface area contributed by atoms with Crippen LogP contribution in [-0.4, -0.2) is 33.6 Å². The first-order valence-electron chi connectivity index (χ1n) is 9.06. The molecule has 1 aliphatic rings.